The molecule has 0 unspecified atom stereocenters. The maximum atomic E-state index is 13.2. The minimum absolute atomic E-state index is 0.188. The molecule has 2 heterocycles. The molecule has 0 aliphatic carbocycles. The van der Waals surface area contributed by atoms with Gasteiger partial charge in [-0.3, -0.25) is 4.79 Å². The number of carbonyl (C=O) groups excluding carboxylic acids is 2. The predicted molar refractivity (Wildman–Crippen MR) is 117 cm³/mol. The van der Waals surface area contributed by atoms with Gasteiger partial charge in [0.2, 0.25) is 0 Å². The van der Waals surface area contributed by atoms with Crippen molar-refractivity contribution < 1.29 is 31.9 Å². The summed E-state index contributed by atoms with van der Waals surface area (Å²) < 4.78 is 50.9. The lowest BCUT2D eigenvalue weighted by Gasteiger charge is -2.14. The first-order chi connectivity index (χ1) is 16.8. The number of hydrogen-bond acceptors (Lipinski definition) is 7. The van der Waals surface area contributed by atoms with Crippen molar-refractivity contribution in [2.45, 2.75) is 6.18 Å². The Hall–Kier alpha value is -4.74. The molecule has 0 fully saturated rings. The molecule has 0 bridgehead atoms. The molecule has 4 aromatic rings. The summed E-state index contributed by atoms with van der Waals surface area (Å²) in [7, 11) is 0. The second-order valence-corrected chi connectivity index (χ2v) is 6.99. The molecule has 0 saturated heterocycles. The van der Waals surface area contributed by atoms with Crippen molar-refractivity contribution in [2.24, 2.45) is 0 Å². The molecular formula is C23H16F3N5O4. The van der Waals surface area contributed by atoms with E-state index in [0.29, 0.717) is 5.56 Å². The maximum Gasteiger partial charge on any atom is 0.418 e. The van der Waals surface area contributed by atoms with E-state index < -0.39 is 35.9 Å². The van der Waals surface area contributed by atoms with Gasteiger partial charge in [0.15, 0.2) is 18.1 Å². The van der Waals surface area contributed by atoms with Gasteiger partial charge in [-0.1, -0.05) is 42.5 Å². The fourth-order valence-corrected chi connectivity index (χ4v) is 3.06. The molecule has 0 spiro atoms. The van der Waals surface area contributed by atoms with Crippen molar-refractivity contribution >= 4 is 29.3 Å². The lowest BCUT2D eigenvalue weighted by Crippen LogP contribution is -2.24. The quantitative estimate of drug-likeness (QED) is 0.311. The van der Waals surface area contributed by atoms with Crippen LogP contribution in [0.4, 0.5) is 18.9 Å². The second-order valence-electron chi connectivity index (χ2n) is 6.99. The van der Waals surface area contributed by atoms with Gasteiger partial charge in [0.1, 0.15) is 5.76 Å². The van der Waals surface area contributed by atoms with E-state index in [2.05, 4.69) is 20.8 Å². The zero-order valence-corrected chi connectivity index (χ0v) is 17.8. The van der Waals surface area contributed by atoms with Gasteiger partial charge < -0.3 is 14.5 Å². The van der Waals surface area contributed by atoms with Crippen LogP contribution in [0.1, 0.15) is 11.3 Å². The highest BCUT2D eigenvalue weighted by Crippen LogP contribution is 2.34. The zero-order valence-electron chi connectivity index (χ0n) is 17.8. The van der Waals surface area contributed by atoms with E-state index in [9.17, 15) is 22.8 Å². The standard InChI is InChI=1S/C23H16F3N5O4/c24-23(25,26)17-10-4-5-11-18(17)27-20(32)14-35-22(33)19(13-16-9-6-12-34-16)31-21(28-29-30-31)15-7-2-1-3-8-15/h1-13H,14H2,(H,27,32)/b19-13+. The van der Waals surface area contributed by atoms with E-state index in [1.54, 1.807) is 42.5 Å². The maximum absolute atomic E-state index is 13.2. The van der Waals surface area contributed by atoms with E-state index in [1.807, 2.05) is 0 Å². The first-order valence-corrected chi connectivity index (χ1v) is 10.1. The molecule has 1 amide bonds. The highest BCUT2D eigenvalue weighted by atomic mass is 19.4. The van der Waals surface area contributed by atoms with E-state index in [1.165, 1.54) is 24.5 Å². The van der Waals surface area contributed by atoms with Gasteiger partial charge in [0, 0.05) is 11.6 Å². The topological polar surface area (TPSA) is 112 Å². The van der Waals surface area contributed by atoms with Crippen LogP contribution in [0.2, 0.25) is 0 Å². The molecule has 35 heavy (non-hydrogen) atoms. The van der Waals surface area contributed by atoms with Gasteiger partial charge in [-0.25, -0.2) is 4.79 Å². The zero-order chi connectivity index (χ0) is 24.8. The van der Waals surface area contributed by atoms with E-state index in [4.69, 9.17) is 9.15 Å². The summed E-state index contributed by atoms with van der Waals surface area (Å²) in [6.07, 6.45) is -1.98. The number of tetrazole rings is 1. The highest BCUT2D eigenvalue weighted by Gasteiger charge is 2.33. The number of benzene rings is 2. The molecule has 12 heteroatoms. The van der Waals surface area contributed by atoms with Gasteiger partial charge >= 0.3 is 12.1 Å². The third-order valence-electron chi connectivity index (χ3n) is 4.60. The predicted octanol–water partition coefficient (Wildman–Crippen LogP) is 4.13. The molecule has 0 aliphatic rings. The third-order valence-corrected chi connectivity index (χ3v) is 4.60. The SMILES string of the molecule is O=C(COC(=O)/C(=C\c1ccco1)n1nnnc1-c1ccccc1)Nc1ccccc1C(F)(F)F. The number of nitrogens with one attached hydrogen (secondary N) is 1. The number of esters is 1. The Bertz CT molecular complexity index is 1350. The Kier molecular flexibility index (Phi) is 6.71. The Morgan fingerprint density at radius 1 is 1.03 bits per heavy atom. The lowest BCUT2D eigenvalue weighted by molar-refractivity contribution is -0.142. The summed E-state index contributed by atoms with van der Waals surface area (Å²) in [6, 6.07) is 16.4. The highest BCUT2D eigenvalue weighted by molar-refractivity contribution is 6.16. The lowest BCUT2D eigenvalue weighted by atomic mass is 10.1. The van der Waals surface area contributed by atoms with Crippen LogP contribution in [0.25, 0.3) is 23.2 Å². The minimum Gasteiger partial charge on any atom is -0.465 e. The number of nitrogens with zero attached hydrogens (tertiary/aromatic N) is 4. The average Bonchev–Trinajstić information content (AvgIpc) is 3.53. The molecule has 178 valence electrons. The van der Waals surface area contributed by atoms with Crippen LogP contribution >= 0.6 is 0 Å². The second kappa shape index (κ2) is 10.0. The van der Waals surface area contributed by atoms with E-state index in [0.717, 1.165) is 16.8 Å². The summed E-state index contributed by atoms with van der Waals surface area (Å²) >= 11 is 0. The van der Waals surface area contributed by atoms with E-state index in [-0.39, 0.29) is 17.3 Å². The van der Waals surface area contributed by atoms with Gasteiger partial charge in [-0.15, -0.1) is 5.10 Å². The van der Waals surface area contributed by atoms with Crippen molar-refractivity contribution in [3.05, 3.63) is 84.3 Å². The Balaban J connectivity index is 1.55. The molecule has 2 aromatic heterocycles. The first-order valence-electron chi connectivity index (χ1n) is 10.1. The van der Waals surface area contributed by atoms with E-state index >= 15 is 0 Å². The Morgan fingerprint density at radius 3 is 2.49 bits per heavy atom. The van der Waals surface area contributed by atoms with Crippen LogP contribution in [0.5, 0.6) is 0 Å². The van der Waals surface area contributed by atoms with Gasteiger partial charge in [-0.05, 0) is 34.7 Å². The largest absolute Gasteiger partial charge is 0.465 e. The smallest absolute Gasteiger partial charge is 0.418 e. The van der Waals surface area contributed by atoms with Crippen LogP contribution in [-0.4, -0.2) is 38.7 Å². The Labute approximate surface area is 195 Å². The molecule has 0 saturated carbocycles. The van der Waals surface area contributed by atoms with Crippen LogP contribution in [0, 0.1) is 0 Å². The fraction of sp³-hybridized carbons (Fsp3) is 0.0870. The summed E-state index contributed by atoms with van der Waals surface area (Å²) in [5, 5.41) is 13.5. The summed E-state index contributed by atoms with van der Waals surface area (Å²) in [6.45, 7) is -0.858. The molecule has 2 aromatic carbocycles. The minimum atomic E-state index is -4.67. The molecular weight excluding hydrogens is 467 g/mol. The monoisotopic (exact) mass is 483 g/mol. The molecule has 4 rings (SSSR count). The van der Waals surface area contributed by atoms with Crippen molar-refractivity contribution in [3.8, 4) is 11.4 Å². The molecule has 1 N–H and O–H groups in total. The number of anilines is 1. The number of rotatable bonds is 7. The van der Waals surface area contributed by atoms with Crippen LogP contribution in [0.15, 0.2) is 77.4 Å². The van der Waals surface area contributed by atoms with Gasteiger partial charge in [0.25, 0.3) is 5.91 Å². The number of hydrogen-bond donors (Lipinski definition) is 1. The molecule has 0 radical (unpaired) electrons. The number of furan rings is 1. The molecule has 9 nitrogen and oxygen atoms in total. The third kappa shape index (κ3) is 5.61. The number of amides is 1. The van der Waals surface area contributed by atoms with Crippen LogP contribution < -0.4 is 5.32 Å². The van der Waals surface area contributed by atoms with Gasteiger partial charge in [0.05, 0.1) is 17.5 Å². The Morgan fingerprint density at radius 2 is 1.77 bits per heavy atom. The summed E-state index contributed by atoms with van der Waals surface area (Å²) in [5.74, 6) is -1.49. The number of halogens is 3. The fourth-order valence-electron chi connectivity index (χ4n) is 3.06. The van der Waals surface area contributed by atoms with Crippen molar-refractivity contribution in [1.29, 1.82) is 0 Å². The van der Waals surface area contributed by atoms with Crippen LogP contribution in [-0.2, 0) is 20.5 Å². The van der Waals surface area contributed by atoms with Crippen molar-refractivity contribution in [3.63, 3.8) is 0 Å². The number of ether oxygens (including phenoxy) is 1. The van der Waals surface area contributed by atoms with Crippen molar-refractivity contribution in [2.75, 3.05) is 11.9 Å². The summed E-state index contributed by atoms with van der Waals surface area (Å²) in [5.41, 5.74) is -1.08. The summed E-state index contributed by atoms with van der Waals surface area (Å²) in [4.78, 5) is 25.2. The van der Waals surface area contributed by atoms with Crippen LogP contribution in [0.3, 0.4) is 0 Å². The molecule has 0 aliphatic heterocycles. The number of carbonyl (C=O) groups is 2. The number of para-hydroxylation sites is 1. The molecule has 0 atom stereocenters. The number of aromatic nitrogens is 4. The van der Waals surface area contributed by atoms with Gasteiger partial charge in [-0.2, -0.15) is 17.9 Å². The number of alkyl halides is 3. The average molecular weight is 483 g/mol. The normalized spacial score (nSPS) is 11.8. The van der Waals surface area contributed by atoms with Crippen molar-refractivity contribution in [1.82, 2.24) is 20.2 Å². The first kappa shape index (κ1) is 23.4.